The van der Waals surface area contributed by atoms with Gasteiger partial charge in [-0.1, -0.05) is 30.3 Å². The number of ether oxygens (including phenoxy) is 1. The number of hydrogen-bond acceptors (Lipinski definition) is 3. The highest BCUT2D eigenvalue weighted by molar-refractivity contribution is 5.71. The highest BCUT2D eigenvalue weighted by atomic mass is 16.5. The zero-order chi connectivity index (χ0) is 12.4. The minimum absolute atomic E-state index is 0.100. The van der Waals surface area contributed by atoms with Gasteiger partial charge in [0.05, 0.1) is 6.54 Å². The van der Waals surface area contributed by atoms with Gasteiger partial charge in [0.2, 0.25) is 0 Å². The van der Waals surface area contributed by atoms with E-state index in [0.29, 0.717) is 18.6 Å². The number of carbonyl (C=O) groups excluding carboxylic acids is 1. The second-order valence-corrected chi connectivity index (χ2v) is 5.61. The standard InChI is InChI=1S/C15H19NO2/c17-14(18-11-13-4-2-1-3-5-13)10-16-9-8-15(12-16)6-7-15/h1-5H,6-12H2. The lowest BCUT2D eigenvalue weighted by Crippen LogP contribution is -2.29. The Bertz CT molecular complexity index is 425. The summed E-state index contributed by atoms with van der Waals surface area (Å²) in [6.07, 6.45) is 3.96. The molecule has 18 heavy (non-hydrogen) atoms. The van der Waals surface area contributed by atoms with Crippen molar-refractivity contribution in [1.29, 1.82) is 0 Å². The summed E-state index contributed by atoms with van der Waals surface area (Å²) in [7, 11) is 0. The van der Waals surface area contributed by atoms with Crippen LogP contribution in [0.5, 0.6) is 0 Å². The molecule has 2 fully saturated rings. The van der Waals surface area contributed by atoms with E-state index in [1.54, 1.807) is 0 Å². The van der Waals surface area contributed by atoms with E-state index in [1.165, 1.54) is 19.3 Å². The van der Waals surface area contributed by atoms with Gasteiger partial charge in [0.1, 0.15) is 6.61 Å². The first-order chi connectivity index (χ1) is 8.76. The fourth-order valence-electron chi connectivity index (χ4n) is 2.71. The van der Waals surface area contributed by atoms with Crippen molar-refractivity contribution in [3.63, 3.8) is 0 Å². The second kappa shape index (κ2) is 4.73. The van der Waals surface area contributed by atoms with E-state index < -0.39 is 0 Å². The van der Waals surface area contributed by atoms with Crippen LogP contribution in [0.15, 0.2) is 30.3 Å². The Labute approximate surface area is 108 Å². The van der Waals surface area contributed by atoms with Gasteiger partial charge in [0, 0.05) is 6.54 Å². The number of nitrogens with zero attached hydrogens (tertiary/aromatic N) is 1. The summed E-state index contributed by atoms with van der Waals surface area (Å²) >= 11 is 0. The lowest BCUT2D eigenvalue weighted by atomic mass is 10.1. The van der Waals surface area contributed by atoms with Crippen LogP contribution in [-0.2, 0) is 16.1 Å². The number of likely N-dealkylation sites (tertiary alicyclic amines) is 1. The second-order valence-electron chi connectivity index (χ2n) is 5.61. The van der Waals surface area contributed by atoms with Crippen LogP contribution in [0.2, 0.25) is 0 Å². The summed E-state index contributed by atoms with van der Waals surface area (Å²) in [6.45, 7) is 2.99. The molecule has 2 aliphatic rings. The molecule has 1 aliphatic carbocycles. The number of hydrogen-bond donors (Lipinski definition) is 0. The van der Waals surface area contributed by atoms with Crippen molar-refractivity contribution in [3.05, 3.63) is 35.9 Å². The van der Waals surface area contributed by atoms with E-state index in [0.717, 1.165) is 18.7 Å². The summed E-state index contributed by atoms with van der Waals surface area (Å²) in [5, 5.41) is 0. The minimum Gasteiger partial charge on any atom is -0.460 e. The number of carbonyl (C=O) groups is 1. The molecule has 0 aromatic heterocycles. The summed E-state index contributed by atoms with van der Waals surface area (Å²) < 4.78 is 5.30. The first-order valence-electron chi connectivity index (χ1n) is 6.68. The van der Waals surface area contributed by atoms with Gasteiger partial charge < -0.3 is 4.74 Å². The highest BCUT2D eigenvalue weighted by Gasteiger charge is 2.47. The minimum atomic E-state index is -0.100. The van der Waals surface area contributed by atoms with Gasteiger partial charge in [-0.15, -0.1) is 0 Å². The van der Waals surface area contributed by atoms with E-state index >= 15 is 0 Å². The SMILES string of the molecule is O=C(CN1CCC2(CC2)C1)OCc1ccccc1. The van der Waals surface area contributed by atoms with Crippen LogP contribution < -0.4 is 0 Å². The molecule has 1 heterocycles. The number of esters is 1. The highest BCUT2D eigenvalue weighted by Crippen LogP contribution is 2.52. The molecule has 1 aromatic carbocycles. The summed E-state index contributed by atoms with van der Waals surface area (Å²) in [4.78, 5) is 14.0. The van der Waals surface area contributed by atoms with Crippen molar-refractivity contribution in [3.8, 4) is 0 Å². The van der Waals surface area contributed by atoms with Crippen LogP contribution in [0.1, 0.15) is 24.8 Å². The summed E-state index contributed by atoms with van der Waals surface area (Å²) in [6, 6.07) is 9.83. The van der Waals surface area contributed by atoms with Crippen LogP contribution in [0.4, 0.5) is 0 Å². The zero-order valence-electron chi connectivity index (χ0n) is 10.6. The molecule has 1 aliphatic heterocycles. The van der Waals surface area contributed by atoms with E-state index in [4.69, 9.17) is 4.74 Å². The van der Waals surface area contributed by atoms with Gasteiger partial charge in [-0.2, -0.15) is 0 Å². The van der Waals surface area contributed by atoms with Crippen LogP contribution in [0.3, 0.4) is 0 Å². The molecule has 1 aromatic rings. The normalized spacial score (nSPS) is 21.1. The largest absolute Gasteiger partial charge is 0.460 e. The molecule has 3 nitrogen and oxygen atoms in total. The Hall–Kier alpha value is -1.35. The molecule has 1 saturated heterocycles. The third-order valence-corrected chi connectivity index (χ3v) is 4.07. The first-order valence-corrected chi connectivity index (χ1v) is 6.68. The maximum Gasteiger partial charge on any atom is 0.320 e. The molecular formula is C15H19NO2. The van der Waals surface area contributed by atoms with Crippen molar-refractivity contribution in [2.75, 3.05) is 19.6 Å². The summed E-state index contributed by atoms with van der Waals surface area (Å²) in [5.41, 5.74) is 1.63. The van der Waals surface area contributed by atoms with Crippen molar-refractivity contribution >= 4 is 5.97 Å². The van der Waals surface area contributed by atoms with Gasteiger partial charge in [0.15, 0.2) is 0 Å². The number of benzene rings is 1. The Morgan fingerprint density at radius 2 is 2.00 bits per heavy atom. The van der Waals surface area contributed by atoms with Crippen LogP contribution in [0.25, 0.3) is 0 Å². The van der Waals surface area contributed by atoms with Gasteiger partial charge >= 0.3 is 5.97 Å². The van der Waals surface area contributed by atoms with Crippen molar-refractivity contribution in [2.24, 2.45) is 5.41 Å². The molecule has 0 radical (unpaired) electrons. The first kappa shape index (κ1) is 11.7. The third kappa shape index (κ3) is 2.72. The zero-order valence-corrected chi connectivity index (χ0v) is 10.6. The van der Waals surface area contributed by atoms with Gasteiger partial charge in [-0.05, 0) is 36.8 Å². The molecule has 0 N–H and O–H groups in total. The molecule has 3 heteroatoms. The lowest BCUT2D eigenvalue weighted by Gasteiger charge is -2.14. The summed E-state index contributed by atoms with van der Waals surface area (Å²) in [5.74, 6) is -0.100. The fraction of sp³-hybridized carbons (Fsp3) is 0.533. The predicted octanol–water partition coefficient (Wildman–Crippen LogP) is 2.22. The average molecular weight is 245 g/mol. The molecular weight excluding hydrogens is 226 g/mol. The maximum absolute atomic E-state index is 11.7. The molecule has 3 rings (SSSR count). The topological polar surface area (TPSA) is 29.5 Å². The van der Waals surface area contributed by atoms with Gasteiger partial charge in [-0.25, -0.2) is 0 Å². The van der Waals surface area contributed by atoms with Crippen LogP contribution in [-0.4, -0.2) is 30.5 Å². The smallest absolute Gasteiger partial charge is 0.320 e. The molecule has 0 bridgehead atoms. The van der Waals surface area contributed by atoms with Gasteiger partial charge in [-0.3, -0.25) is 9.69 Å². The molecule has 96 valence electrons. The quantitative estimate of drug-likeness (QED) is 0.762. The molecule has 0 unspecified atom stereocenters. The third-order valence-electron chi connectivity index (χ3n) is 4.07. The van der Waals surface area contributed by atoms with Crippen LogP contribution >= 0.6 is 0 Å². The Morgan fingerprint density at radius 3 is 2.67 bits per heavy atom. The van der Waals surface area contributed by atoms with E-state index in [9.17, 15) is 4.79 Å². The van der Waals surface area contributed by atoms with E-state index in [-0.39, 0.29) is 5.97 Å². The van der Waals surface area contributed by atoms with E-state index in [2.05, 4.69) is 4.90 Å². The molecule has 0 amide bonds. The number of rotatable bonds is 4. The Kier molecular flexibility index (Phi) is 3.08. The van der Waals surface area contributed by atoms with Crippen molar-refractivity contribution in [1.82, 2.24) is 4.90 Å². The average Bonchev–Trinajstić information content (AvgIpc) is 3.03. The van der Waals surface area contributed by atoms with E-state index in [1.807, 2.05) is 30.3 Å². The predicted molar refractivity (Wildman–Crippen MR) is 69.0 cm³/mol. The maximum atomic E-state index is 11.7. The van der Waals surface area contributed by atoms with Crippen molar-refractivity contribution < 1.29 is 9.53 Å². The monoisotopic (exact) mass is 245 g/mol. The Morgan fingerprint density at radius 1 is 1.22 bits per heavy atom. The molecule has 0 atom stereocenters. The molecule has 1 spiro atoms. The Balaban J connectivity index is 1.42. The van der Waals surface area contributed by atoms with Crippen LogP contribution in [0, 0.1) is 5.41 Å². The van der Waals surface area contributed by atoms with Gasteiger partial charge in [0.25, 0.3) is 0 Å². The molecule has 1 saturated carbocycles. The lowest BCUT2D eigenvalue weighted by molar-refractivity contribution is -0.146. The van der Waals surface area contributed by atoms with Crippen molar-refractivity contribution in [2.45, 2.75) is 25.9 Å². The fourth-order valence-corrected chi connectivity index (χ4v) is 2.71.